The first-order valence-corrected chi connectivity index (χ1v) is 16.1. The molecule has 0 radical (unpaired) electrons. The summed E-state index contributed by atoms with van der Waals surface area (Å²) in [6.45, 7) is 2.30. The maximum absolute atomic E-state index is 6.35. The second kappa shape index (κ2) is 18.1. The molecular weight excluding hydrogens is 456 g/mol. The average Bonchev–Trinajstić information content (AvgIpc) is 3.20. The molecule has 0 aromatic heterocycles. The van der Waals surface area contributed by atoms with Gasteiger partial charge in [-0.25, -0.2) is 0 Å². The molecule has 1 heteroatoms. The predicted octanol–water partition coefficient (Wildman–Crippen LogP) is 12.7. The standard InChI is InChI=1S/C35H53Cl/c1-2-3-4-5-6-7-8-9-10-11-12-13-14-15-16-17-18-19-20-21-24-33-31-25-22-23-26-32(31)34-28-27-30(36)29-35(33)34/h22-23,25-29,33H,2-21,24H2,1H3. The summed E-state index contributed by atoms with van der Waals surface area (Å²) >= 11 is 6.35. The van der Waals surface area contributed by atoms with Crippen molar-refractivity contribution in [3.63, 3.8) is 0 Å². The van der Waals surface area contributed by atoms with E-state index >= 15 is 0 Å². The molecule has 3 rings (SSSR count). The maximum atomic E-state index is 6.35. The van der Waals surface area contributed by atoms with Gasteiger partial charge < -0.3 is 0 Å². The van der Waals surface area contributed by atoms with Crippen LogP contribution in [0, 0.1) is 0 Å². The lowest BCUT2D eigenvalue weighted by molar-refractivity contribution is 0.518. The van der Waals surface area contributed by atoms with Crippen molar-refractivity contribution in [2.75, 3.05) is 0 Å². The van der Waals surface area contributed by atoms with Crippen LogP contribution in [0.1, 0.15) is 159 Å². The number of hydrogen-bond acceptors (Lipinski definition) is 0. The van der Waals surface area contributed by atoms with E-state index in [9.17, 15) is 0 Å². The van der Waals surface area contributed by atoms with Gasteiger partial charge >= 0.3 is 0 Å². The fraction of sp³-hybridized carbons (Fsp3) is 0.657. The number of halogens is 1. The first-order valence-electron chi connectivity index (χ1n) is 15.7. The fourth-order valence-electron chi connectivity index (χ4n) is 6.20. The Morgan fingerprint density at radius 2 is 0.944 bits per heavy atom. The molecule has 0 fully saturated rings. The summed E-state index contributed by atoms with van der Waals surface area (Å²) in [5.41, 5.74) is 5.77. The largest absolute Gasteiger partial charge is 0.0843 e. The highest BCUT2D eigenvalue weighted by atomic mass is 35.5. The van der Waals surface area contributed by atoms with E-state index in [1.807, 2.05) is 6.07 Å². The molecule has 0 amide bonds. The molecule has 0 saturated heterocycles. The van der Waals surface area contributed by atoms with Crippen LogP contribution in [0.4, 0.5) is 0 Å². The minimum Gasteiger partial charge on any atom is -0.0843 e. The molecule has 2 aromatic carbocycles. The van der Waals surface area contributed by atoms with Gasteiger partial charge in [0.1, 0.15) is 0 Å². The number of fused-ring (bicyclic) bond motifs is 3. The van der Waals surface area contributed by atoms with Crippen molar-refractivity contribution in [3.8, 4) is 11.1 Å². The molecule has 0 nitrogen and oxygen atoms in total. The number of benzene rings is 2. The maximum Gasteiger partial charge on any atom is 0.0409 e. The summed E-state index contributed by atoms with van der Waals surface area (Å²) in [4.78, 5) is 0. The summed E-state index contributed by atoms with van der Waals surface area (Å²) in [5, 5.41) is 0.870. The number of rotatable bonds is 21. The molecule has 0 bridgehead atoms. The Kier molecular flexibility index (Phi) is 14.7. The van der Waals surface area contributed by atoms with E-state index in [2.05, 4.69) is 43.3 Å². The molecule has 0 heterocycles. The Hall–Kier alpha value is -1.27. The van der Waals surface area contributed by atoms with Gasteiger partial charge in [0, 0.05) is 10.9 Å². The smallest absolute Gasteiger partial charge is 0.0409 e. The van der Waals surface area contributed by atoms with Crippen LogP contribution in [0.25, 0.3) is 11.1 Å². The van der Waals surface area contributed by atoms with Gasteiger partial charge in [-0.05, 0) is 40.8 Å². The third kappa shape index (κ3) is 10.2. The molecular formula is C35H53Cl. The van der Waals surface area contributed by atoms with E-state index < -0.39 is 0 Å². The van der Waals surface area contributed by atoms with Gasteiger partial charge in [-0.2, -0.15) is 0 Å². The molecule has 200 valence electrons. The van der Waals surface area contributed by atoms with Crippen molar-refractivity contribution in [3.05, 3.63) is 58.6 Å². The summed E-state index contributed by atoms with van der Waals surface area (Å²) in [7, 11) is 0. The summed E-state index contributed by atoms with van der Waals surface area (Å²) in [6, 6.07) is 15.4. The van der Waals surface area contributed by atoms with Crippen LogP contribution >= 0.6 is 11.6 Å². The molecule has 2 aromatic rings. The van der Waals surface area contributed by atoms with Crippen molar-refractivity contribution in [2.24, 2.45) is 0 Å². The number of unbranched alkanes of at least 4 members (excludes halogenated alkanes) is 19. The van der Waals surface area contributed by atoms with Crippen molar-refractivity contribution < 1.29 is 0 Å². The zero-order valence-corrected chi connectivity index (χ0v) is 24.1. The lowest BCUT2D eigenvalue weighted by Gasteiger charge is -2.13. The monoisotopic (exact) mass is 508 g/mol. The van der Waals surface area contributed by atoms with E-state index in [0.29, 0.717) is 5.92 Å². The van der Waals surface area contributed by atoms with Gasteiger partial charge in [0.25, 0.3) is 0 Å². The zero-order valence-electron chi connectivity index (χ0n) is 23.3. The third-order valence-corrected chi connectivity index (χ3v) is 8.60. The first kappa shape index (κ1) is 29.3. The van der Waals surface area contributed by atoms with Crippen molar-refractivity contribution >= 4 is 11.6 Å². The summed E-state index contributed by atoms with van der Waals surface area (Å²) in [6.07, 6.45) is 30.0. The van der Waals surface area contributed by atoms with Gasteiger partial charge in [-0.15, -0.1) is 0 Å². The van der Waals surface area contributed by atoms with Crippen molar-refractivity contribution in [1.82, 2.24) is 0 Å². The Morgan fingerprint density at radius 1 is 0.500 bits per heavy atom. The number of hydrogen-bond donors (Lipinski definition) is 0. The first-order chi connectivity index (χ1) is 17.8. The highest BCUT2D eigenvalue weighted by Crippen LogP contribution is 2.47. The van der Waals surface area contributed by atoms with E-state index in [0.717, 1.165) is 5.02 Å². The SMILES string of the molecule is CCCCCCCCCCCCCCCCCCCCCCC1c2ccccc2-c2ccc(Cl)cc21. The molecule has 0 saturated carbocycles. The second-order valence-electron chi connectivity index (χ2n) is 11.4. The van der Waals surface area contributed by atoms with Gasteiger partial charge in [0.05, 0.1) is 0 Å². The zero-order chi connectivity index (χ0) is 25.3. The molecule has 1 aliphatic carbocycles. The van der Waals surface area contributed by atoms with Crippen LogP contribution < -0.4 is 0 Å². The lowest BCUT2D eigenvalue weighted by Crippen LogP contribution is -1.97. The fourth-order valence-corrected chi connectivity index (χ4v) is 6.38. The van der Waals surface area contributed by atoms with E-state index in [-0.39, 0.29) is 0 Å². The average molecular weight is 509 g/mol. The van der Waals surface area contributed by atoms with Gasteiger partial charge in [0.15, 0.2) is 0 Å². The minimum atomic E-state index is 0.533. The quantitative estimate of drug-likeness (QED) is 0.147. The summed E-state index contributed by atoms with van der Waals surface area (Å²) in [5.74, 6) is 0.533. The van der Waals surface area contributed by atoms with Crippen LogP contribution in [-0.2, 0) is 0 Å². The van der Waals surface area contributed by atoms with Crippen molar-refractivity contribution in [2.45, 2.75) is 148 Å². The predicted molar refractivity (Wildman–Crippen MR) is 161 cm³/mol. The van der Waals surface area contributed by atoms with Crippen LogP contribution in [0.2, 0.25) is 5.02 Å². The molecule has 1 aliphatic rings. The summed E-state index contributed by atoms with van der Waals surface area (Å²) < 4.78 is 0. The third-order valence-electron chi connectivity index (χ3n) is 8.36. The van der Waals surface area contributed by atoms with Crippen LogP contribution in [0.5, 0.6) is 0 Å². The highest BCUT2D eigenvalue weighted by molar-refractivity contribution is 6.30. The van der Waals surface area contributed by atoms with Gasteiger partial charge in [-0.3, -0.25) is 0 Å². The molecule has 1 unspecified atom stereocenters. The minimum absolute atomic E-state index is 0.533. The van der Waals surface area contributed by atoms with Crippen LogP contribution in [0.15, 0.2) is 42.5 Å². The Labute approximate surface area is 228 Å². The van der Waals surface area contributed by atoms with Gasteiger partial charge in [-0.1, -0.05) is 177 Å². The van der Waals surface area contributed by atoms with Crippen molar-refractivity contribution in [1.29, 1.82) is 0 Å². The Morgan fingerprint density at radius 3 is 1.47 bits per heavy atom. The second-order valence-corrected chi connectivity index (χ2v) is 11.8. The highest BCUT2D eigenvalue weighted by Gasteiger charge is 2.27. The van der Waals surface area contributed by atoms with E-state index in [4.69, 9.17) is 11.6 Å². The Bertz CT molecular complexity index is 838. The molecule has 0 N–H and O–H groups in total. The molecule has 36 heavy (non-hydrogen) atoms. The lowest BCUT2D eigenvalue weighted by atomic mass is 9.91. The molecule has 1 atom stereocenters. The normalized spacial score (nSPS) is 14.2. The topological polar surface area (TPSA) is 0 Å². The molecule has 0 spiro atoms. The molecule has 0 aliphatic heterocycles. The van der Waals surface area contributed by atoms with Crippen LogP contribution in [0.3, 0.4) is 0 Å². The van der Waals surface area contributed by atoms with Crippen LogP contribution in [-0.4, -0.2) is 0 Å². The van der Waals surface area contributed by atoms with Gasteiger partial charge in [0.2, 0.25) is 0 Å². The van der Waals surface area contributed by atoms with E-state index in [1.54, 1.807) is 0 Å². The Balaban J connectivity index is 1.12. The van der Waals surface area contributed by atoms with E-state index in [1.165, 1.54) is 157 Å².